The van der Waals surface area contributed by atoms with Crippen LogP contribution in [-0.2, 0) is 0 Å². The number of hydrogen-bond acceptors (Lipinski definition) is 5. The van der Waals surface area contributed by atoms with E-state index in [2.05, 4.69) is 27.3 Å². The average Bonchev–Trinajstić information content (AvgIpc) is 2.99. The highest BCUT2D eigenvalue weighted by molar-refractivity contribution is 5.95. The maximum Gasteiger partial charge on any atom is 0.257 e. The summed E-state index contributed by atoms with van der Waals surface area (Å²) in [5.41, 5.74) is 3.20. The third kappa shape index (κ3) is 3.71. The molecule has 1 aliphatic heterocycles. The SMILES string of the molecule is Cc1cc(C)nc(-n2cc(C(=O)N3CCN[C@@H](C)C3)c(C(C)C)n2)n1. The van der Waals surface area contributed by atoms with Crippen molar-refractivity contribution in [2.24, 2.45) is 0 Å². The Labute approximate surface area is 148 Å². The van der Waals surface area contributed by atoms with Crippen molar-refractivity contribution >= 4 is 5.91 Å². The third-order valence-corrected chi connectivity index (χ3v) is 4.35. The molecule has 1 N–H and O–H groups in total. The molecule has 7 nitrogen and oxygen atoms in total. The van der Waals surface area contributed by atoms with Crippen LogP contribution in [0.15, 0.2) is 12.3 Å². The lowest BCUT2D eigenvalue weighted by atomic mass is 10.0. The molecule has 0 aromatic carbocycles. The number of rotatable bonds is 3. The van der Waals surface area contributed by atoms with Gasteiger partial charge < -0.3 is 10.2 Å². The van der Waals surface area contributed by atoms with Crippen molar-refractivity contribution in [3.05, 3.63) is 34.9 Å². The molecule has 0 aliphatic carbocycles. The molecule has 1 amide bonds. The van der Waals surface area contributed by atoms with Gasteiger partial charge in [-0.05, 0) is 32.8 Å². The molecule has 1 atom stereocenters. The molecule has 0 radical (unpaired) electrons. The lowest BCUT2D eigenvalue weighted by Gasteiger charge is -2.31. The zero-order valence-corrected chi connectivity index (χ0v) is 15.6. The number of amides is 1. The topological polar surface area (TPSA) is 75.9 Å². The number of piperazine rings is 1. The average molecular weight is 342 g/mol. The highest BCUT2D eigenvalue weighted by atomic mass is 16.2. The molecule has 7 heteroatoms. The summed E-state index contributed by atoms with van der Waals surface area (Å²) < 4.78 is 1.63. The van der Waals surface area contributed by atoms with Crippen LogP contribution >= 0.6 is 0 Å². The molecule has 0 saturated carbocycles. The van der Waals surface area contributed by atoms with Crippen LogP contribution in [0.2, 0.25) is 0 Å². The standard InChI is InChI=1S/C18H26N6O/c1-11(2)16-15(17(25)23-7-6-19-14(5)9-23)10-24(22-16)18-20-12(3)8-13(4)21-18/h8,10-11,14,19H,6-7,9H2,1-5H3/t14-/m0/s1. The summed E-state index contributed by atoms with van der Waals surface area (Å²) in [7, 11) is 0. The number of aryl methyl sites for hydroxylation is 2. The van der Waals surface area contributed by atoms with E-state index in [9.17, 15) is 4.79 Å². The van der Waals surface area contributed by atoms with Crippen LogP contribution in [0.3, 0.4) is 0 Å². The normalized spacial score (nSPS) is 18.0. The Bertz CT molecular complexity index is 762. The number of nitrogens with one attached hydrogen (secondary N) is 1. The molecule has 2 aromatic heterocycles. The highest BCUT2D eigenvalue weighted by Gasteiger charge is 2.27. The maximum atomic E-state index is 13.1. The Morgan fingerprint density at radius 2 is 1.96 bits per heavy atom. The van der Waals surface area contributed by atoms with E-state index in [4.69, 9.17) is 0 Å². The first-order chi connectivity index (χ1) is 11.8. The molecule has 134 valence electrons. The van der Waals surface area contributed by atoms with Crippen molar-refractivity contribution in [1.82, 2.24) is 30.0 Å². The first kappa shape index (κ1) is 17.5. The lowest BCUT2D eigenvalue weighted by Crippen LogP contribution is -2.51. The van der Waals surface area contributed by atoms with E-state index in [1.165, 1.54) is 0 Å². The molecule has 3 heterocycles. The third-order valence-electron chi connectivity index (χ3n) is 4.35. The Balaban J connectivity index is 1.98. The maximum absolute atomic E-state index is 13.1. The molecule has 1 fully saturated rings. The van der Waals surface area contributed by atoms with Gasteiger partial charge in [0, 0.05) is 43.3 Å². The van der Waals surface area contributed by atoms with Crippen LogP contribution in [0, 0.1) is 13.8 Å². The van der Waals surface area contributed by atoms with Crippen LogP contribution < -0.4 is 5.32 Å². The first-order valence-electron chi connectivity index (χ1n) is 8.80. The molecule has 0 bridgehead atoms. The largest absolute Gasteiger partial charge is 0.336 e. The van der Waals surface area contributed by atoms with E-state index in [1.807, 2.05) is 38.7 Å². The summed E-state index contributed by atoms with van der Waals surface area (Å²) in [6, 6.07) is 2.22. The number of carbonyl (C=O) groups is 1. The van der Waals surface area contributed by atoms with Gasteiger partial charge in [-0.15, -0.1) is 0 Å². The van der Waals surface area contributed by atoms with Gasteiger partial charge in [0.25, 0.3) is 11.9 Å². The van der Waals surface area contributed by atoms with Gasteiger partial charge in [-0.2, -0.15) is 5.10 Å². The monoisotopic (exact) mass is 342 g/mol. The van der Waals surface area contributed by atoms with Gasteiger partial charge in [0.05, 0.1) is 11.3 Å². The molecule has 0 unspecified atom stereocenters. The summed E-state index contributed by atoms with van der Waals surface area (Å²) in [6.07, 6.45) is 1.78. The van der Waals surface area contributed by atoms with Crippen LogP contribution in [0.4, 0.5) is 0 Å². The van der Waals surface area contributed by atoms with E-state index < -0.39 is 0 Å². The summed E-state index contributed by atoms with van der Waals surface area (Å²) in [5, 5.41) is 7.99. The fourth-order valence-corrected chi connectivity index (χ4v) is 3.18. The summed E-state index contributed by atoms with van der Waals surface area (Å²) in [5.74, 6) is 0.686. The fraction of sp³-hybridized carbons (Fsp3) is 0.556. The van der Waals surface area contributed by atoms with Crippen molar-refractivity contribution in [2.75, 3.05) is 19.6 Å². The van der Waals surface area contributed by atoms with Gasteiger partial charge in [0.15, 0.2) is 0 Å². The van der Waals surface area contributed by atoms with Gasteiger partial charge in [-0.3, -0.25) is 4.79 Å². The Hall–Kier alpha value is -2.28. The van der Waals surface area contributed by atoms with Crippen LogP contribution in [-0.4, -0.2) is 56.2 Å². The Morgan fingerprint density at radius 1 is 1.28 bits per heavy atom. The van der Waals surface area contributed by atoms with E-state index in [-0.39, 0.29) is 11.8 Å². The van der Waals surface area contributed by atoms with E-state index in [0.29, 0.717) is 30.6 Å². The Morgan fingerprint density at radius 3 is 2.56 bits per heavy atom. The zero-order valence-electron chi connectivity index (χ0n) is 15.6. The van der Waals surface area contributed by atoms with Gasteiger partial charge >= 0.3 is 0 Å². The van der Waals surface area contributed by atoms with E-state index >= 15 is 0 Å². The highest BCUT2D eigenvalue weighted by Crippen LogP contribution is 2.21. The number of hydrogen-bond donors (Lipinski definition) is 1. The quantitative estimate of drug-likeness (QED) is 0.921. The van der Waals surface area contributed by atoms with E-state index in [0.717, 1.165) is 23.6 Å². The number of aromatic nitrogens is 4. The van der Waals surface area contributed by atoms with Gasteiger partial charge in [-0.1, -0.05) is 13.8 Å². The molecule has 2 aromatic rings. The Kier molecular flexibility index (Phi) is 4.85. The predicted octanol–water partition coefficient (Wildman–Crippen LogP) is 1.84. The van der Waals surface area contributed by atoms with Gasteiger partial charge in [0.2, 0.25) is 0 Å². The van der Waals surface area contributed by atoms with Crippen LogP contribution in [0.1, 0.15) is 54.1 Å². The fourth-order valence-electron chi connectivity index (χ4n) is 3.18. The van der Waals surface area contributed by atoms with Crippen molar-refractivity contribution in [3.8, 4) is 5.95 Å². The molecule has 1 aliphatic rings. The zero-order chi connectivity index (χ0) is 18.1. The second kappa shape index (κ2) is 6.92. The summed E-state index contributed by atoms with van der Waals surface area (Å²) in [4.78, 5) is 23.9. The summed E-state index contributed by atoms with van der Waals surface area (Å²) >= 11 is 0. The molecule has 0 spiro atoms. The second-order valence-electron chi connectivity index (χ2n) is 7.08. The van der Waals surface area contributed by atoms with Crippen LogP contribution in [0.25, 0.3) is 5.95 Å². The number of nitrogens with zero attached hydrogens (tertiary/aromatic N) is 5. The van der Waals surface area contributed by atoms with Gasteiger partial charge in [0.1, 0.15) is 0 Å². The molecule has 1 saturated heterocycles. The van der Waals surface area contributed by atoms with Crippen molar-refractivity contribution in [3.63, 3.8) is 0 Å². The first-order valence-corrected chi connectivity index (χ1v) is 8.80. The van der Waals surface area contributed by atoms with Crippen molar-refractivity contribution in [2.45, 2.75) is 46.6 Å². The van der Waals surface area contributed by atoms with Crippen LogP contribution in [0.5, 0.6) is 0 Å². The van der Waals surface area contributed by atoms with Crippen molar-refractivity contribution < 1.29 is 4.79 Å². The summed E-state index contributed by atoms with van der Waals surface area (Å²) in [6.45, 7) is 12.3. The number of carbonyl (C=O) groups excluding carboxylic acids is 1. The minimum absolute atomic E-state index is 0.0349. The minimum atomic E-state index is 0.0349. The van der Waals surface area contributed by atoms with Crippen molar-refractivity contribution in [1.29, 1.82) is 0 Å². The molecule has 3 rings (SSSR count). The second-order valence-corrected chi connectivity index (χ2v) is 7.08. The molecular weight excluding hydrogens is 316 g/mol. The predicted molar refractivity (Wildman–Crippen MR) is 96.1 cm³/mol. The molecule has 25 heavy (non-hydrogen) atoms. The molecular formula is C18H26N6O. The lowest BCUT2D eigenvalue weighted by molar-refractivity contribution is 0.0707. The van der Waals surface area contributed by atoms with Gasteiger partial charge in [-0.25, -0.2) is 14.6 Å². The smallest absolute Gasteiger partial charge is 0.257 e. The minimum Gasteiger partial charge on any atom is -0.336 e. The van der Waals surface area contributed by atoms with E-state index in [1.54, 1.807) is 10.9 Å².